The standard InChI is InChI=1S/C15H17IN2O/c1-2-13(17)15(14-5-3-4-10-18-14)19-12-8-6-11(16)7-9-12/h3-10,13,15H,2,17H2,1H3. The molecule has 2 rings (SSSR count). The fourth-order valence-electron chi connectivity index (χ4n) is 1.79. The number of nitrogens with zero attached hydrogens (tertiary/aromatic N) is 1. The lowest BCUT2D eigenvalue weighted by molar-refractivity contribution is 0.166. The van der Waals surface area contributed by atoms with Crippen molar-refractivity contribution < 1.29 is 4.74 Å². The lowest BCUT2D eigenvalue weighted by Crippen LogP contribution is -2.32. The molecular formula is C15H17IN2O. The van der Waals surface area contributed by atoms with Crippen LogP contribution in [0, 0.1) is 3.57 Å². The molecule has 0 fully saturated rings. The Morgan fingerprint density at radius 3 is 2.53 bits per heavy atom. The highest BCUT2D eigenvalue weighted by Gasteiger charge is 2.21. The lowest BCUT2D eigenvalue weighted by Gasteiger charge is -2.23. The average Bonchev–Trinajstić information content (AvgIpc) is 2.47. The SMILES string of the molecule is CCC(N)C(Oc1ccc(I)cc1)c1ccccn1. The van der Waals surface area contributed by atoms with Gasteiger partial charge in [0.05, 0.1) is 5.69 Å². The van der Waals surface area contributed by atoms with Gasteiger partial charge in [-0.3, -0.25) is 4.98 Å². The summed E-state index contributed by atoms with van der Waals surface area (Å²) < 4.78 is 7.20. The van der Waals surface area contributed by atoms with Crippen molar-refractivity contribution in [3.05, 3.63) is 57.9 Å². The van der Waals surface area contributed by atoms with Gasteiger partial charge in [-0.25, -0.2) is 0 Å². The van der Waals surface area contributed by atoms with Gasteiger partial charge in [0.15, 0.2) is 6.10 Å². The number of aromatic nitrogens is 1. The summed E-state index contributed by atoms with van der Waals surface area (Å²) in [6.45, 7) is 2.05. The Balaban J connectivity index is 2.21. The van der Waals surface area contributed by atoms with Crippen LogP contribution in [-0.4, -0.2) is 11.0 Å². The van der Waals surface area contributed by atoms with E-state index < -0.39 is 0 Å². The molecule has 1 aromatic carbocycles. The molecule has 0 radical (unpaired) electrons. The van der Waals surface area contributed by atoms with E-state index in [2.05, 4.69) is 34.5 Å². The number of hydrogen-bond acceptors (Lipinski definition) is 3. The smallest absolute Gasteiger partial charge is 0.155 e. The summed E-state index contributed by atoms with van der Waals surface area (Å²) >= 11 is 2.27. The quantitative estimate of drug-likeness (QED) is 0.822. The lowest BCUT2D eigenvalue weighted by atomic mass is 10.1. The van der Waals surface area contributed by atoms with E-state index in [1.165, 1.54) is 3.57 Å². The second-order valence-corrected chi connectivity index (χ2v) is 5.56. The molecule has 1 heterocycles. The van der Waals surface area contributed by atoms with Crippen LogP contribution in [0.5, 0.6) is 5.75 Å². The maximum atomic E-state index is 6.16. The van der Waals surface area contributed by atoms with Crippen molar-refractivity contribution in [1.82, 2.24) is 4.98 Å². The third kappa shape index (κ3) is 3.91. The first kappa shape index (κ1) is 14.3. The summed E-state index contributed by atoms with van der Waals surface area (Å²) in [5.74, 6) is 0.819. The van der Waals surface area contributed by atoms with Crippen LogP contribution in [0.3, 0.4) is 0 Å². The Kier molecular flexibility index (Phi) is 5.15. The van der Waals surface area contributed by atoms with Crippen molar-refractivity contribution in [2.75, 3.05) is 0 Å². The van der Waals surface area contributed by atoms with Gasteiger partial charge in [0.25, 0.3) is 0 Å². The van der Waals surface area contributed by atoms with Crippen LogP contribution in [0.25, 0.3) is 0 Å². The predicted octanol–water partition coefficient (Wildman–Crippen LogP) is 3.54. The van der Waals surface area contributed by atoms with Crippen molar-refractivity contribution >= 4 is 22.6 Å². The average molecular weight is 368 g/mol. The number of halogens is 1. The molecule has 0 amide bonds. The summed E-state index contributed by atoms with van der Waals surface area (Å²) in [7, 11) is 0. The second kappa shape index (κ2) is 6.86. The Bertz CT molecular complexity index is 501. The van der Waals surface area contributed by atoms with Crippen LogP contribution in [0.2, 0.25) is 0 Å². The Morgan fingerprint density at radius 2 is 1.95 bits per heavy atom. The minimum Gasteiger partial charge on any atom is -0.482 e. The molecule has 2 N–H and O–H groups in total. The van der Waals surface area contributed by atoms with Crippen molar-refractivity contribution in [3.8, 4) is 5.75 Å². The zero-order valence-electron chi connectivity index (χ0n) is 10.8. The van der Waals surface area contributed by atoms with Gasteiger partial charge >= 0.3 is 0 Å². The van der Waals surface area contributed by atoms with E-state index in [9.17, 15) is 0 Å². The minimum atomic E-state index is -0.216. The molecule has 1 aromatic heterocycles. The Morgan fingerprint density at radius 1 is 1.21 bits per heavy atom. The largest absolute Gasteiger partial charge is 0.482 e. The maximum Gasteiger partial charge on any atom is 0.155 e. The van der Waals surface area contributed by atoms with Gasteiger partial charge in [-0.1, -0.05) is 13.0 Å². The van der Waals surface area contributed by atoms with E-state index in [4.69, 9.17) is 10.5 Å². The normalized spacial score (nSPS) is 13.8. The van der Waals surface area contributed by atoms with Gasteiger partial charge in [0.1, 0.15) is 5.75 Å². The van der Waals surface area contributed by atoms with E-state index in [0.29, 0.717) is 0 Å². The van der Waals surface area contributed by atoms with E-state index >= 15 is 0 Å². The van der Waals surface area contributed by atoms with Gasteiger partial charge in [0, 0.05) is 15.8 Å². The third-order valence-corrected chi connectivity index (χ3v) is 3.64. The van der Waals surface area contributed by atoms with E-state index in [0.717, 1.165) is 17.9 Å². The fourth-order valence-corrected chi connectivity index (χ4v) is 2.14. The summed E-state index contributed by atoms with van der Waals surface area (Å²) in [5.41, 5.74) is 7.03. The van der Waals surface area contributed by atoms with Crippen LogP contribution >= 0.6 is 22.6 Å². The first-order chi connectivity index (χ1) is 9.20. The fraction of sp³-hybridized carbons (Fsp3) is 0.267. The van der Waals surface area contributed by atoms with Crippen molar-refractivity contribution in [2.24, 2.45) is 5.73 Å². The summed E-state index contributed by atoms with van der Waals surface area (Å²) in [4.78, 5) is 4.36. The van der Waals surface area contributed by atoms with Crippen LogP contribution < -0.4 is 10.5 Å². The van der Waals surface area contributed by atoms with E-state index in [1.54, 1.807) is 6.20 Å². The Labute approximate surface area is 127 Å². The highest BCUT2D eigenvalue weighted by Crippen LogP contribution is 2.24. The second-order valence-electron chi connectivity index (χ2n) is 4.32. The third-order valence-electron chi connectivity index (χ3n) is 2.92. The topological polar surface area (TPSA) is 48.1 Å². The van der Waals surface area contributed by atoms with Crippen LogP contribution in [0.15, 0.2) is 48.7 Å². The van der Waals surface area contributed by atoms with Gasteiger partial charge in [-0.15, -0.1) is 0 Å². The molecule has 2 aromatic rings. The molecule has 19 heavy (non-hydrogen) atoms. The van der Waals surface area contributed by atoms with Crippen molar-refractivity contribution in [2.45, 2.75) is 25.5 Å². The molecule has 0 bridgehead atoms. The highest BCUT2D eigenvalue weighted by molar-refractivity contribution is 14.1. The Hall–Kier alpha value is -1.14. The molecule has 4 heteroatoms. The number of benzene rings is 1. The number of ether oxygens (including phenoxy) is 1. The van der Waals surface area contributed by atoms with E-state index in [-0.39, 0.29) is 12.1 Å². The predicted molar refractivity (Wildman–Crippen MR) is 85.0 cm³/mol. The first-order valence-electron chi connectivity index (χ1n) is 6.29. The highest BCUT2D eigenvalue weighted by atomic mass is 127. The number of rotatable bonds is 5. The minimum absolute atomic E-state index is 0.0748. The van der Waals surface area contributed by atoms with Gasteiger partial charge in [0.2, 0.25) is 0 Å². The molecule has 2 unspecified atom stereocenters. The molecule has 0 spiro atoms. The molecule has 0 saturated carbocycles. The number of pyridine rings is 1. The van der Waals surface area contributed by atoms with Crippen LogP contribution in [-0.2, 0) is 0 Å². The zero-order valence-corrected chi connectivity index (χ0v) is 12.9. The van der Waals surface area contributed by atoms with Gasteiger partial charge < -0.3 is 10.5 Å². The maximum absolute atomic E-state index is 6.16. The number of hydrogen-bond donors (Lipinski definition) is 1. The first-order valence-corrected chi connectivity index (χ1v) is 7.37. The number of nitrogens with two attached hydrogens (primary N) is 1. The molecule has 2 atom stereocenters. The van der Waals surface area contributed by atoms with Gasteiger partial charge in [-0.05, 0) is 65.4 Å². The zero-order chi connectivity index (χ0) is 13.7. The molecule has 0 aliphatic carbocycles. The monoisotopic (exact) mass is 368 g/mol. The molecule has 0 aliphatic heterocycles. The van der Waals surface area contributed by atoms with Crippen molar-refractivity contribution in [1.29, 1.82) is 0 Å². The van der Waals surface area contributed by atoms with E-state index in [1.807, 2.05) is 42.5 Å². The summed E-state index contributed by atoms with van der Waals surface area (Å²) in [5, 5.41) is 0. The molecule has 100 valence electrons. The molecule has 0 saturated heterocycles. The van der Waals surface area contributed by atoms with Crippen molar-refractivity contribution in [3.63, 3.8) is 0 Å². The molecule has 3 nitrogen and oxygen atoms in total. The summed E-state index contributed by atoms with van der Waals surface area (Å²) in [6, 6.07) is 13.7. The van der Waals surface area contributed by atoms with Gasteiger partial charge in [-0.2, -0.15) is 0 Å². The molecule has 0 aliphatic rings. The van der Waals surface area contributed by atoms with Crippen LogP contribution in [0.4, 0.5) is 0 Å². The van der Waals surface area contributed by atoms with Crippen LogP contribution in [0.1, 0.15) is 25.1 Å². The molecular weight excluding hydrogens is 351 g/mol. The summed E-state index contributed by atoms with van der Waals surface area (Å²) in [6.07, 6.45) is 2.39.